The Balaban J connectivity index is 2.78. The van der Waals surface area contributed by atoms with Crippen LogP contribution in [0.2, 0.25) is 12.1 Å². The molecule has 0 aromatic carbocycles. The predicted molar refractivity (Wildman–Crippen MR) is 68.7 cm³/mol. The van der Waals surface area contributed by atoms with E-state index in [4.69, 9.17) is 11.6 Å². The molecule has 0 atom stereocenters. The Bertz CT molecular complexity index is 84.3. The van der Waals surface area contributed by atoms with Crippen LogP contribution in [-0.4, -0.2) is 15.4 Å². The molecule has 0 nitrogen and oxygen atoms in total. The molecule has 2 heteroatoms. The van der Waals surface area contributed by atoms with Gasteiger partial charge in [0.05, 0.1) is 0 Å². The molecule has 0 fully saturated rings. The minimum absolute atomic E-state index is 0.849. The van der Waals surface area contributed by atoms with Crippen LogP contribution in [0.4, 0.5) is 0 Å². The summed E-state index contributed by atoms with van der Waals surface area (Å²) < 4.78 is 0. The number of rotatable bonds is 11. The minimum atomic E-state index is 0.849. The van der Waals surface area contributed by atoms with Crippen LogP contribution in [0.25, 0.3) is 0 Å². The third-order valence-corrected chi connectivity index (χ3v) is 4.13. The molecule has 0 aromatic heterocycles. The van der Waals surface area contributed by atoms with Crippen molar-refractivity contribution in [2.45, 2.75) is 70.4 Å². The number of unbranched alkanes of at least 4 members (excludes halogenated alkanes) is 6. The summed E-state index contributed by atoms with van der Waals surface area (Å²) >= 11 is 5.62. The van der Waals surface area contributed by atoms with E-state index < -0.39 is 0 Å². The van der Waals surface area contributed by atoms with Crippen molar-refractivity contribution in [2.24, 2.45) is 0 Å². The van der Waals surface area contributed by atoms with E-state index in [1.54, 1.807) is 0 Å². The van der Waals surface area contributed by atoms with Crippen molar-refractivity contribution in [2.75, 3.05) is 5.88 Å². The van der Waals surface area contributed by atoms with Crippen LogP contribution in [0.5, 0.6) is 0 Å². The first-order chi connectivity index (χ1) is 6.91. The third kappa shape index (κ3) is 12.5. The zero-order chi connectivity index (χ0) is 10.5. The highest BCUT2D eigenvalue weighted by molar-refractivity contribution is 6.35. The van der Waals surface area contributed by atoms with E-state index in [2.05, 4.69) is 6.92 Å². The molecule has 14 heavy (non-hydrogen) atoms. The van der Waals surface area contributed by atoms with Gasteiger partial charge in [-0.1, -0.05) is 64.0 Å². The molecule has 0 aliphatic heterocycles. The SMILES string of the molecule is CCCCCCCC[Si]CCCCCl. The molecule has 84 valence electrons. The quantitative estimate of drug-likeness (QED) is 0.270. The van der Waals surface area contributed by atoms with Gasteiger partial charge in [-0.05, 0) is 6.42 Å². The molecule has 0 saturated carbocycles. The maximum absolute atomic E-state index is 5.62. The van der Waals surface area contributed by atoms with E-state index in [-0.39, 0.29) is 0 Å². The van der Waals surface area contributed by atoms with Crippen molar-refractivity contribution in [1.82, 2.24) is 0 Å². The topological polar surface area (TPSA) is 0 Å². The fourth-order valence-corrected chi connectivity index (χ4v) is 2.94. The Kier molecular flexibility index (Phi) is 14.0. The average molecular weight is 233 g/mol. The second kappa shape index (κ2) is 13.5. The van der Waals surface area contributed by atoms with Gasteiger partial charge in [-0.3, -0.25) is 0 Å². The van der Waals surface area contributed by atoms with E-state index in [1.807, 2.05) is 0 Å². The molecule has 0 heterocycles. The standard InChI is InChI=1S/C12H25ClSi/c1-2-3-4-5-6-8-11-14-12-9-7-10-13/h2-12H2,1H3. The Morgan fingerprint density at radius 1 is 0.786 bits per heavy atom. The first-order valence-electron chi connectivity index (χ1n) is 6.18. The lowest BCUT2D eigenvalue weighted by Crippen LogP contribution is -1.90. The summed E-state index contributed by atoms with van der Waals surface area (Å²) in [7, 11) is 1.20. The minimum Gasteiger partial charge on any atom is -0.127 e. The Morgan fingerprint density at radius 3 is 2.00 bits per heavy atom. The maximum atomic E-state index is 5.62. The van der Waals surface area contributed by atoms with E-state index >= 15 is 0 Å². The zero-order valence-electron chi connectivity index (χ0n) is 9.66. The molecule has 0 rings (SSSR count). The van der Waals surface area contributed by atoms with Crippen LogP contribution >= 0.6 is 11.6 Å². The summed E-state index contributed by atoms with van der Waals surface area (Å²) in [5, 5.41) is 0. The normalized spacial score (nSPS) is 10.7. The summed E-state index contributed by atoms with van der Waals surface area (Å²) in [6.07, 6.45) is 11.2. The van der Waals surface area contributed by atoms with Gasteiger partial charge in [-0.2, -0.15) is 0 Å². The van der Waals surface area contributed by atoms with Crippen molar-refractivity contribution in [3.05, 3.63) is 0 Å². The van der Waals surface area contributed by atoms with Crippen LogP contribution in [-0.2, 0) is 0 Å². The van der Waals surface area contributed by atoms with Gasteiger partial charge in [0.15, 0.2) is 0 Å². The van der Waals surface area contributed by atoms with E-state index in [9.17, 15) is 0 Å². The summed E-state index contributed by atoms with van der Waals surface area (Å²) in [4.78, 5) is 0. The second-order valence-corrected chi connectivity index (χ2v) is 5.79. The van der Waals surface area contributed by atoms with Gasteiger partial charge in [0, 0.05) is 15.4 Å². The lowest BCUT2D eigenvalue weighted by Gasteiger charge is -2.00. The summed E-state index contributed by atoms with van der Waals surface area (Å²) in [6, 6.07) is 2.89. The van der Waals surface area contributed by atoms with Crippen molar-refractivity contribution in [3.63, 3.8) is 0 Å². The first kappa shape index (κ1) is 14.5. The molecular formula is C12H25ClSi. The number of hydrogen-bond acceptors (Lipinski definition) is 0. The lowest BCUT2D eigenvalue weighted by atomic mass is 10.1. The summed E-state index contributed by atoms with van der Waals surface area (Å²) in [5.74, 6) is 0.849. The third-order valence-electron chi connectivity index (χ3n) is 2.44. The summed E-state index contributed by atoms with van der Waals surface area (Å²) in [6.45, 7) is 2.28. The first-order valence-corrected chi connectivity index (χ1v) is 8.13. The molecular weight excluding hydrogens is 208 g/mol. The lowest BCUT2D eigenvalue weighted by molar-refractivity contribution is 0.623. The van der Waals surface area contributed by atoms with Gasteiger partial charge in [0.25, 0.3) is 0 Å². The molecule has 0 aromatic rings. The highest BCUT2D eigenvalue weighted by Gasteiger charge is 1.92. The molecule has 0 amide bonds. The largest absolute Gasteiger partial charge is 0.127 e. The summed E-state index contributed by atoms with van der Waals surface area (Å²) in [5.41, 5.74) is 0. The van der Waals surface area contributed by atoms with Gasteiger partial charge in [-0.25, -0.2) is 0 Å². The zero-order valence-corrected chi connectivity index (χ0v) is 11.4. The van der Waals surface area contributed by atoms with Crippen molar-refractivity contribution in [3.8, 4) is 0 Å². The van der Waals surface area contributed by atoms with Crippen molar-refractivity contribution < 1.29 is 0 Å². The van der Waals surface area contributed by atoms with Gasteiger partial charge in [-0.15, -0.1) is 11.6 Å². The van der Waals surface area contributed by atoms with Crippen LogP contribution in [0.3, 0.4) is 0 Å². The number of alkyl halides is 1. The Morgan fingerprint density at radius 2 is 1.36 bits per heavy atom. The number of halogens is 1. The molecule has 0 N–H and O–H groups in total. The van der Waals surface area contributed by atoms with Crippen LogP contribution < -0.4 is 0 Å². The van der Waals surface area contributed by atoms with Crippen molar-refractivity contribution in [1.29, 1.82) is 0 Å². The molecule has 0 saturated heterocycles. The van der Waals surface area contributed by atoms with Gasteiger partial charge in [0.2, 0.25) is 0 Å². The molecule has 0 unspecified atom stereocenters. The van der Waals surface area contributed by atoms with Crippen molar-refractivity contribution >= 4 is 21.1 Å². The molecule has 2 radical (unpaired) electrons. The Labute approximate surface area is 97.6 Å². The Hall–Kier alpha value is 0.507. The van der Waals surface area contributed by atoms with Gasteiger partial charge < -0.3 is 0 Å². The monoisotopic (exact) mass is 232 g/mol. The molecule has 0 spiro atoms. The van der Waals surface area contributed by atoms with E-state index in [1.165, 1.54) is 73.0 Å². The van der Waals surface area contributed by atoms with E-state index in [0.29, 0.717) is 0 Å². The smallest absolute Gasteiger partial charge is 0.0378 e. The van der Waals surface area contributed by atoms with E-state index in [0.717, 1.165) is 5.88 Å². The molecule has 0 aliphatic carbocycles. The highest BCUT2D eigenvalue weighted by Crippen LogP contribution is 2.08. The molecule has 0 aliphatic rings. The fourth-order valence-electron chi connectivity index (χ4n) is 1.50. The van der Waals surface area contributed by atoms with Gasteiger partial charge >= 0.3 is 0 Å². The van der Waals surface area contributed by atoms with Crippen LogP contribution in [0.1, 0.15) is 58.3 Å². The highest BCUT2D eigenvalue weighted by atomic mass is 35.5. The average Bonchev–Trinajstić information content (AvgIpc) is 2.21. The van der Waals surface area contributed by atoms with Crippen LogP contribution in [0.15, 0.2) is 0 Å². The predicted octanol–water partition coefficient (Wildman–Crippen LogP) is 4.91. The fraction of sp³-hybridized carbons (Fsp3) is 1.00. The second-order valence-electron chi connectivity index (χ2n) is 3.91. The van der Waals surface area contributed by atoms with Crippen LogP contribution in [0, 0.1) is 0 Å². The number of hydrogen-bond donors (Lipinski definition) is 0. The van der Waals surface area contributed by atoms with Gasteiger partial charge in [0.1, 0.15) is 0 Å². The maximum Gasteiger partial charge on any atom is 0.0378 e. The molecule has 0 bridgehead atoms.